The van der Waals surface area contributed by atoms with E-state index in [9.17, 15) is 21.9 Å². The summed E-state index contributed by atoms with van der Waals surface area (Å²) in [4.78, 5) is -1.33. The number of aromatic hydroxyl groups is 1. The molecule has 0 saturated carbocycles. The Morgan fingerprint density at radius 1 is 0.909 bits per heavy atom. The molecule has 0 amide bonds. The number of rotatable bonds is 2. The third kappa shape index (κ3) is 4.35. The minimum atomic E-state index is -4.74. The van der Waals surface area contributed by atoms with Crippen molar-refractivity contribution in [3.8, 4) is 5.75 Å². The second-order valence-electron chi connectivity index (χ2n) is 3.97. The van der Waals surface area contributed by atoms with E-state index >= 15 is 0 Å². The average Bonchev–Trinajstić information content (AvgIpc) is 2.30. The summed E-state index contributed by atoms with van der Waals surface area (Å²) in [6.07, 6.45) is 0. The normalized spacial score (nSPS) is 11.5. The van der Waals surface area contributed by atoms with E-state index in [1.807, 2.05) is 0 Å². The molecular weight excluding hydrogens is 356 g/mol. The van der Waals surface area contributed by atoms with E-state index in [4.69, 9.17) is 14.8 Å². The fourth-order valence-corrected chi connectivity index (χ4v) is 2.88. The zero-order valence-electron chi connectivity index (χ0n) is 9.68. The Kier molecular flexibility index (Phi) is 7.38. The van der Waals surface area contributed by atoms with Gasteiger partial charge in [-0.2, -0.15) is 16.8 Å². The first-order chi connectivity index (χ1) is 9.01. The van der Waals surface area contributed by atoms with Crippen LogP contribution in [0.15, 0.2) is 34.1 Å². The van der Waals surface area contributed by atoms with Gasteiger partial charge in [0.05, 0.1) is 10.6 Å². The van der Waals surface area contributed by atoms with Gasteiger partial charge in [-0.3, -0.25) is 9.11 Å². The Morgan fingerprint density at radius 2 is 1.45 bits per heavy atom. The predicted octanol–water partition coefficient (Wildman–Crippen LogP) is -0.676. The Hall–Kier alpha value is 0.120. The summed E-state index contributed by atoms with van der Waals surface area (Å²) < 4.78 is 62.1. The van der Waals surface area contributed by atoms with Gasteiger partial charge in [-0.1, -0.05) is 6.07 Å². The van der Waals surface area contributed by atoms with Crippen LogP contribution >= 0.6 is 0 Å². The van der Waals surface area contributed by atoms with Crippen LogP contribution < -0.4 is 5.73 Å². The molecule has 12 heteroatoms. The van der Waals surface area contributed by atoms with Gasteiger partial charge in [-0.15, -0.1) is 0 Å². The van der Waals surface area contributed by atoms with E-state index in [1.165, 1.54) is 6.07 Å². The van der Waals surface area contributed by atoms with Crippen LogP contribution in [0.25, 0.3) is 10.8 Å². The maximum atomic E-state index is 11.1. The first kappa shape index (κ1) is 22.1. The van der Waals surface area contributed by atoms with Crippen LogP contribution in [0.4, 0.5) is 5.69 Å². The number of anilines is 1. The van der Waals surface area contributed by atoms with Crippen LogP contribution in [0.5, 0.6) is 5.75 Å². The Labute approximate surface area is 170 Å². The molecule has 0 spiro atoms. The van der Waals surface area contributed by atoms with Crippen molar-refractivity contribution in [1.82, 2.24) is 0 Å². The van der Waals surface area contributed by atoms with Crippen LogP contribution in [-0.2, 0) is 20.2 Å². The topological polar surface area (TPSA) is 155 Å². The molecule has 0 atom stereocenters. The maximum absolute atomic E-state index is 11.1. The van der Waals surface area contributed by atoms with Crippen molar-refractivity contribution in [3.63, 3.8) is 0 Å². The van der Waals surface area contributed by atoms with Crippen LogP contribution in [0.2, 0.25) is 0 Å². The van der Waals surface area contributed by atoms with Gasteiger partial charge in [0.25, 0.3) is 20.2 Å². The summed E-state index contributed by atoms with van der Waals surface area (Å²) in [5.41, 5.74) is 5.20. The van der Waals surface area contributed by atoms with Crippen molar-refractivity contribution in [2.45, 2.75) is 9.79 Å². The van der Waals surface area contributed by atoms with Crippen molar-refractivity contribution < 1.29 is 31.0 Å². The number of phenolic OH excluding ortho intramolecular Hbond substituents is 1. The monoisotopic (exact) mass is 367 g/mol. The van der Waals surface area contributed by atoms with E-state index < -0.39 is 35.8 Å². The summed E-state index contributed by atoms with van der Waals surface area (Å²) in [6.45, 7) is 0. The molecule has 0 saturated heterocycles. The quantitative estimate of drug-likeness (QED) is 0.236. The summed E-state index contributed by atoms with van der Waals surface area (Å²) in [5, 5.41) is 9.81. The molecule has 112 valence electrons. The Bertz CT molecular complexity index is 926. The van der Waals surface area contributed by atoms with Gasteiger partial charge in [-0.25, -0.2) is 0 Å². The molecule has 0 radical (unpaired) electrons. The molecule has 22 heavy (non-hydrogen) atoms. The summed E-state index contributed by atoms with van der Waals surface area (Å²) >= 11 is 0. The molecule has 2 rings (SSSR count). The number of nitrogens with two attached hydrogens (primary N) is 1. The molecule has 2 aromatic rings. The van der Waals surface area contributed by atoms with Crippen molar-refractivity contribution >= 4 is 95.8 Å². The second kappa shape index (κ2) is 7.34. The fraction of sp³-hybridized carbons (Fsp3) is 0. The van der Waals surface area contributed by atoms with Crippen LogP contribution in [0.1, 0.15) is 0 Å². The summed E-state index contributed by atoms with van der Waals surface area (Å²) in [7, 11) is -9.22. The Balaban J connectivity index is 0.00000220. The van der Waals surface area contributed by atoms with E-state index in [0.29, 0.717) is 0 Å². The van der Waals surface area contributed by atoms with Gasteiger partial charge in [0.1, 0.15) is 4.90 Å². The number of hydrogen-bond donors (Lipinski definition) is 4. The number of fused-ring (bicyclic) bond motifs is 1. The second-order valence-corrected chi connectivity index (χ2v) is 6.78. The molecular formula is C10H11NNa2O7S2. The molecule has 0 unspecified atom stereocenters. The molecule has 0 aliphatic rings. The zero-order valence-corrected chi connectivity index (χ0v) is 11.3. The van der Waals surface area contributed by atoms with Crippen molar-refractivity contribution in [1.29, 1.82) is 0 Å². The third-order valence-electron chi connectivity index (χ3n) is 2.66. The molecule has 0 fully saturated rings. The van der Waals surface area contributed by atoms with Gasteiger partial charge >= 0.3 is 59.1 Å². The SMILES string of the molecule is Nc1c(O)c(S(=O)(=O)O)cc2cc(S(=O)(=O)O)ccc12.[NaH].[NaH]. The van der Waals surface area contributed by atoms with Crippen LogP contribution in [-0.4, -0.2) is 90.2 Å². The molecule has 2 aromatic carbocycles. The third-order valence-corrected chi connectivity index (χ3v) is 4.38. The summed E-state index contributed by atoms with van der Waals surface area (Å²) in [6, 6.07) is 4.06. The summed E-state index contributed by atoms with van der Waals surface area (Å²) in [5.74, 6) is -0.834. The number of hydrogen-bond acceptors (Lipinski definition) is 6. The molecule has 0 bridgehead atoms. The van der Waals surface area contributed by atoms with E-state index in [0.717, 1.165) is 18.2 Å². The van der Waals surface area contributed by atoms with Crippen LogP contribution in [0, 0.1) is 0 Å². The minimum absolute atomic E-state index is 0. The van der Waals surface area contributed by atoms with Crippen molar-refractivity contribution in [2.24, 2.45) is 0 Å². The van der Waals surface area contributed by atoms with Gasteiger partial charge in [0.2, 0.25) is 0 Å². The molecule has 5 N–H and O–H groups in total. The number of nitrogen functional groups attached to an aromatic ring is 1. The van der Waals surface area contributed by atoms with Gasteiger partial charge < -0.3 is 10.8 Å². The van der Waals surface area contributed by atoms with Gasteiger partial charge in [-0.05, 0) is 23.6 Å². The van der Waals surface area contributed by atoms with Crippen molar-refractivity contribution in [3.05, 3.63) is 24.3 Å². The zero-order chi connectivity index (χ0) is 15.3. The standard InChI is InChI=1S/C10H9NO7S2.2Na.2H/c11-9-7-2-1-6(19(13,14)15)3-5(7)4-8(10(9)12)20(16,17)18;;;;/h1-4,12H,11H2,(H,13,14,15)(H,16,17,18);;;;. The van der Waals surface area contributed by atoms with Gasteiger partial charge in [0.15, 0.2) is 5.75 Å². The first-order valence-electron chi connectivity index (χ1n) is 5.02. The first-order valence-corrected chi connectivity index (χ1v) is 7.90. The number of phenols is 1. The van der Waals surface area contributed by atoms with E-state index in [1.54, 1.807) is 0 Å². The average molecular weight is 367 g/mol. The molecule has 8 nitrogen and oxygen atoms in total. The van der Waals surface area contributed by atoms with Crippen LogP contribution in [0.3, 0.4) is 0 Å². The van der Waals surface area contributed by atoms with Crippen molar-refractivity contribution in [2.75, 3.05) is 5.73 Å². The molecule has 0 aliphatic carbocycles. The molecule has 0 heterocycles. The van der Waals surface area contributed by atoms with E-state index in [2.05, 4.69) is 0 Å². The van der Waals surface area contributed by atoms with E-state index in [-0.39, 0.29) is 75.6 Å². The molecule has 0 aromatic heterocycles. The van der Waals surface area contributed by atoms with Gasteiger partial charge in [0, 0.05) is 5.39 Å². The number of benzene rings is 2. The fourth-order valence-electron chi connectivity index (χ4n) is 1.73. The Morgan fingerprint density at radius 3 is 1.91 bits per heavy atom. The predicted molar refractivity (Wildman–Crippen MR) is 84.0 cm³/mol. The molecule has 0 aliphatic heterocycles.